The molecule has 6 heteroatoms. The number of hydrogen-bond acceptors (Lipinski definition) is 5. The highest BCUT2D eigenvalue weighted by atomic mass is 32.1. The van der Waals surface area contributed by atoms with E-state index in [4.69, 9.17) is 0 Å². The minimum Gasteiger partial charge on any atom is -0.366 e. The molecule has 17 heavy (non-hydrogen) atoms. The van der Waals surface area contributed by atoms with E-state index >= 15 is 0 Å². The van der Waals surface area contributed by atoms with Gasteiger partial charge in [0.05, 0.1) is 0 Å². The number of carbonyl (C=O) groups is 1. The van der Waals surface area contributed by atoms with E-state index in [1.165, 1.54) is 11.5 Å². The number of nitrogens with zero attached hydrogens (tertiary/aromatic N) is 3. The smallest absolute Gasteiger partial charge is 0.279 e. The Morgan fingerprint density at radius 2 is 2.00 bits per heavy atom. The summed E-state index contributed by atoms with van der Waals surface area (Å²) in [6.07, 6.45) is 0. The van der Waals surface area contributed by atoms with Crippen molar-refractivity contribution in [2.24, 2.45) is 0 Å². The number of rotatable bonds is 3. The zero-order chi connectivity index (χ0) is 12.3. The van der Waals surface area contributed by atoms with Crippen molar-refractivity contribution >= 4 is 28.1 Å². The first kappa shape index (κ1) is 11.5. The second kappa shape index (κ2) is 4.92. The van der Waals surface area contributed by atoms with Gasteiger partial charge in [0.25, 0.3) is 5.91 Å². The Balaban J connectivity index is 2.18. The molecule has 0 aliphatic carbocycles. The second-order valence-corrected chi connectivity index (χ2v) is 4.37. The van der Waals surface area contributed by atoms with Crippen molar-refractivity contribution in [2.75, 3.05) is 24.3 Å². The molecule has 1 aromatic heterocycles. The van der Waals surface area contributed by atoms with Crippen LogP contribution >= 0.6 is 11.5 Å². The molecular weight excluding hydrogens is 236 g/mol. The Labute approximate surface area is 103 Å². The van der Waals surface area contributed by atoms with Crippen molar-refractivity contribution in [1.82, 2.24) is 9.59 Å². The van der Waals surface area contributed by atoms with Crippen LogP contribution in [0.25, 0.3) is 0 Å². The molecule has 0 aliphatic heterocycles. The van der Waals surface area contributed by atoms with Gasteiger partial charge in [0, 0.05) is 31.3 Å². The molecule has 2 aromatic rings. The molecular formula is C11H12N4OS. The van der Waals surface area contributed by atoms with E-state index in [9.17, 15) is 4.79 Å². The van der Waals surface area contributed by atoms with Crippen LogP contribution in [0.3, 0.4) is 0 Å². The Morgan fingerprint density at radius 3 is 2.65 bits per heavy atom. The molecule has 0 radical (unpaired) electrons. The maximum absolute atomic E-state index is 12.0. The van der Waals surface area contributed by atoms with Crippen LogP contribution in [0, 0.1) is 0 Å². The van der Waals surface area contributed by atoms with E-state index in [-0.39, 0.29) is 5.91 Å². The number of para-hydroxylation sites is 1. The van der Waals surface area contributed by atoms with Gasteiger partial charge in [0.15, 0.2) is 5.69 Å². The zero-order valence-electron chi connectivity index (χ0n) is 9.54. The second-order valence-electron chi connectivity index (χ2n) is 3.64. The highest BCUT2D eigenvalue weighted by Crippen LogP contribution is 2.21. The molecule has 1 amide bonds. The van der Waals surface area contributed by atoms with Gasteiger partial charge in [-0.15, -0.1) is 5.10 Å². The van der Waals surface area contributed by atoms with E-state index < -0.39 is 0 Å². The van der Waals surface area contributed by atoms with E-state index in [0.717, 1.165) is 10.7 Å². The predicted octanol–water partition coefficient (Wildman–Crippen LogP) is 1.86. The summed E-state index contributed by atoms with van der Waals surface area (Å²) >= 11 is 1.20. The lowest BCUT2D eigenvalue weighted by atomic mass is 10.3. The molecule has 5 nitrogen and oxygen atoms in total. The number of nitrogens with one attached hydrogen (secondary N) is 1. The van der Waals surface area contributed by atoms with Crippen molar-refractivity contribution in [3.63, 3.8) is 0 Å². The van der Waals surface area contributed by atoms with Gasteiger partial charge in [-0.25, -0.2) is 0 Å². The number of anilines is 2. The Morgan fingerprint density at radius 1 is 1.29 bits per heavy atom. The fourth-order valence-corrected chi connectivity index (χ4v) is 1.92. The minimum atomic E-state index is -0.242. The normalized spacial score (nSPS) is 10.0. The van der Waals surface area contributed by atoms with Crippen molar-refractivity contribution < 1.29 is 4.79 Å². The average Bonchev–Trinajstić information content (AvgIpc) is 2.79. The number of aromatic nitrogens is 2. The average molecular weight is 248 g/mol. The van der Waals surface area contributed by atoms with E-state index in [1.54, 1.807) is 0 Å². The van der Waals surface area contributed by atoms with Crippen LogP contribution in [-0.2, 0) is 0 Å². The molecule has 0 bridgehead atoms. The van der Waals surface area contributed by atoms with Gasteiger partial charge < -0.3 is 10.2 Å². The molecule has 0 spiro atoms. The van der Waals surface area contributed by atoms with Gasteiger partial charge in [-0.2, -0.15) is 0 Å². The number of benzene rings is 1. The van der Waals surface area contributed by atoms with Crippen LogP contribution in [0.4, 0.5) is 10.7 Å². The van der Waals surface area contributed by atoms with Gasteiger partial charge in [0.1, 0.15) is 5.00 Å². The monoisotopic (exact) mass is 248 g/mol. The number of hydrogen-bond donors (Lipinski definition) is 1. The van der Waals surface area contributed by atoms with Crippen LogP contribution in [0.15, 0.2) is 30.3 Å². The van der Waals surface area contributed by atoms with Gasteiger partial charge in [0.2, 0.25) is 0 Å². The van der Waals surface area contributed by atoms with Crippen LogP contribution in [0.5, 0.6) is 0 Å². The summed E-state index contributed by atoms with van der Waals surface area (Å²) in [4.78, 5) is 13.8. The summed E-state index contributed by atoms with van der Waals surface area (Å²) in [6.45, 7) is 0. The molecule has 0 atom stereocenters. The van der Waals surface area contributed by atoms with E-state index in [2.05, 4.69) is 14.9 Å². The first-order valence-corrected chi connectivity index (χ1v) is 5.82. The third-order valence-electron chi connectivity index (χ3n) is 2.12. The molecule has 0 aliphatic rings. The molecule has 0 saturated heterocycles. The van der Waals surface area contributed by atoms with E-state index in [0.29, 0.717) is 5.69 Å². The topological polar surface area (TPSA) is 58.1 Å². The van der Waals surface area contributed by atoms with E-state index in [1.807, 2.05) is 49.3 Å². The first-order chi connectivity index (χ1) is 8.18. The predicted molar refractivity (Wildman–Crippen MR) is 68.6 cm³/mol. The Hall–Kier alpha value is -1.95. The van der Waals surface area contributed by atoms with Gasteiger partial charge in [-0.05, 0) is 12.1 Å². The lowest BCUT2D eigenvalue weighted by Gasteiger charge is -2.10. The highest BCUT2D eigenvalue weighted by molar-refractivity contribution is 7.10. The summed E-state index contributed by atoms with van der Waals surface area (Å²) in [5, 5.41) is 7.38. The lowest BCUT2D eigenvalue weighted by Crippen LogP contribution is -2.17. The Kier molecular flexibility index (Phi) is 3.34. The van der Waals surface area contributed by atoms with Gasteiger partial charge in [-0.1, -0.05) is 22.7 Å². The third-order valence-corrected chi connectivity index (χ3v) is 3.02. The van der Waals surface area contributed by atoms with Crippen molar-refractivity contribution in [2.45, 2.75) is 0 Å². The lowest BCUT2D eigenvalue weighted by molar-refractivity contribution is 0.102. The molecule has 0 fully saturated rings. The minimum absolute atomic E-state index is 0.242. The molecule has 1 heterocycles. The largest absolute Gasteiger partial charge is 0.366 e. The summed E-state index contributed by atoms with van der Waals surface area (Å²) in [6, 6.07) is 9.27. The molecule has 1 N–H and O–H groups in total. The molecule has 1 aromatic carbocycles. The van der Waals surface area contributed by atoms with Crippen LogP contribution in [0.2, 0.25) is 0 Å². The highest BCUT2D eigenvalue weighted by Gasteiger charge is 2.17. The summed E-state index contributed by atoms with van der Waals surface area (Å²) in [5.74, 6) is -0.242. The summed E-state index contributed by atoms with van der Waals surface area (Å²) in [7, 11) is 3.71. The quantitative estimate of drug-likeness (QED) is 0.900. The molecule has 0 unspecified atom stereocenters. The fourth-order valence-electron chi connectivity index (χ4n) is 1.33. The van der Waals surface area contributed by atoms with Gasteiger partial charge in [-0.3, -0.25) is 4.79 Å². The standard InChI is InChI=1S/C11H12N4OS/c1-15(2)11-9(13-14-17-11)10(16)12-8-6-4-3-5-7-8/h3-7H,1-2H3,(H,12,16). The van der Waals surface area contributed by atoms with Crippen LogP contribution in [-0.4, -0.2) is 29.6 Å². The van der Waals surface area contributed by atoms with Crippen molar-refractivity contribution in [3.05, 3.63) is 36.0 Å². The molecule has 2 rings (SSSR count). The fraction of sp³-hybridized carbons (Fsp3) is 0.182. The van der Waals surface area contributed by atoms with Crippen molar-refractivity contribution in [3.8, 4) is 0 Å². The van der Waals surface area contributed by atoms with Crippen LogP contribution in [0.1, 0.15) is 10.5 Å². The first-order valence-electron chi connectivity index (χ1n) is 5.04. The van der Waals surface area contributed by atoms with Crippen molar-refractivity contribution in [1.29, 1.82) is 0 Å². The molecule has 88 valence electrons. The third kappa shape index (κ3) is 2.59. The zero-order valence-corrected chi connectivity index (χ0v) is 10.4. The Bertz CT molecular complexity index is 509. The number of carbonyl (C=O) groups excluding carboxylic acids is 1. The number of amides is 1. The van der Waals surface area contributed by atoms with Crippen LogP contribution < -0.4 is 10.2 Å². The molecule has 0 saturated carbocycles. The maximum atomic E-state index is 12.0. The maximum Gasteiger partial charge on any atom is 0.279 e. The summed E-state index contributed by atoms with van der Waals surface area (Å²) < 4.78 is 3.80. The summed E-state index contributed by atoms with van der Waals surface area (Å²) in [5.41, 5.74) is 1.10. The SMILES string of the molecule is CN(C)c1snnc1C(=O)Nc1ccccc1. The van der Waals surface area contributed by atoms with Gasteiger partial charge >= 0.3 is 0 Å².